The number of rotatable bonds is 7. The van der Waals surface area contributed by atoms with E-state index < -0.39 is 5.97 Å². The van der Waals surface area contributed by atoms with E-state index in [4.69, 9.17) is 4.74 Å². The van der Waals surface area contributed by atoms with Gasteiger partial charge < -0.3 is 15.4 Å². The number of aryl methyl sites for hydroxylation is 1. The van der Waals surface area contributed by atoms with Crippen LogP contribution in [0.2, 0.25) is 0 Å². The molecule has 0 aromatic heterocycles. The Labute approximate surface area is 179 Å². The highest BCUT2D eigenvalue weighted by Crippen LogP contribution is 2.18. The average molecular weight is 420 g/mol. The van der Waals surface area contributed by atoms with Gasteiger partial charge in [0.2, 0.25) is 5.91 Å². The zero-order chi connectivity index (χ0) is 22.2. The van der Waals surface area contributed by atoms with E-state index in [9.17, 15) is 18.8 Å². The van der Waals surface area contributed by atoms with Crippen molar-refractivity contribution in [1.29, 1.82) is 0 Å². The van der Waals surface area contributed by atoms with Crippen molar-refractivity contribution in [2.24, 2.45) is 0 Å². The molecule has 7 heteroatoms. The second-order valence-corrected chi connectivity index (χ2v) is 6.83. The van der Waals surface area contributed by atoms with E-state index in [1.165, 1.54) is 25.1 Å². The Hall–Kier alpha value is -4.00. The van der Waals surface area contributed by atoms with Gasteiger partial charge in [-0.25, -0.2) is 4.39 Å². The zero-order valence-corrected chi connectivity index (χ0v) is 16.9. The third kappa shape index (κ3) is 6.78. The lowest BCUT2D eigenvalue weighted by Crippen LogP contribution is -2.13. The lowest BCUT2D eigenvalue weighted by Gasteiger charge is -2.09. The largest absolute Gasteiger partial charge is 0.427 e. The predicted molar refractivity (Wildman–Crippen MR) is 115 cm³/mol. The number of anilines is 2. The van der Waals surface area contributed by atoms with Crippen molar-refractivity contribution in [3.8, 4) is 5.75 Å². The molecule has 0 spiro atoms. The summed E-state index contributed by atoms with van der Waals surface area (Å²) in [7, 11) is 0. The minimum absolute atomic E-state index is 0.191. The van der Waals surface area contributed by atoms with Crippen LogP contribution in [0.15, 0.2) is 72.8 Å². The molecule has 0 saturated carbocycles. The van der Waals surface area contributed by atoms with Crippen molar-refractivity contribution < 1.29 is 23.5 Å². The number of benzene rings is 3. The van der Waals surface area contributed by atoms with Crippen LogP contribution in [0.25, 0.3) is 0 Å². The minimum Gasteiger partial charge on any atom is -0.427 e. The van der Waals surface area contributed by atoms with E-state index in [1.807, 2.05) is 0 Å². The average Bonchev–Trinajstić information content (AvgIpc) is 2.73. The van der Waals surface area contributed by atoms with Crippen LogP contribution < -0.4 is 15.4 Å². The number of carbonyl (C=O) groups is 3. The Morgan fingerprint density at radius 1 is 0.871 bits per heavy atom. The maximum absolute atomic E-state index is 13.2. The molecule has 6 nitrogen and oxygen atoms in total. The maximum atomic E-state index is 13.2. The molecule has 0 aliphatic rings. The van der Waals surface area contributed by atoms with Crippen molar-refractivity contribution in [2.75, 3.05) is 10.6 Å². The van der Waals surface area contributed by atoms with Gasteiger partial charge in [0.05, 0.1) is 0 Å². The van der Waals surface area contributed by atoms with Crippen LogP contribution in [-0.4, -0.2) is 17.8 Å². The van der Waals surface area contributed by atoms with Crippen molar-refractivity contribution in [3.63, 3.8) is 0 Å². The molecule has 0 saturated heterocycles. The quantitative estimate of drug-likeness (QED) is 0.433. The molecule has 0 aliphatic carbocycles. The number of hydrogen-bond acceptors (Lipinski definition) is 4. The molecule has 3 aromatic rings. The molecule has 0 atom stereocenters. The molecule has 31 heavy (non-hydrogen) atoms. The van der Waals surface area contributed by atoms with Gasteiger partial charge in [-0.1, -0.05) is 18.2 Å². The molecule has 0 aliphatic heterocycles. The van der Waals surface area contributed by atoms with E-state index in [1.54, 1.807) is 54.6 Å². The molecule has 2 amide bonds. The number of hydrogen-bond donors (Lipinski definition) is 2. The first-order valence-corrected chi connectivity index (χ1v) is 9.63. The number of nitrogens with one attached hydrogen (secondary N) is 2. The molecule has 0 unspecified atom stereocenters. The number of esters is 1. The molecule has 158 valence electrons. The fourth-order valence-corrected chi connectivity index (χ4v) is 2.88. The monoisotopic (exact) mass is 420 g/mol. The summed E-state index contributed by atoms with van der Waals surface area (Å²) >= 11 is 0. The fourth-order valence-electron chi connectivity index (χ4n) is 2.88. The van der Waals surface area contributed by atoms with E-state index in [0.717, 1.165) is 5.56 Å². The molecule has 0 fully saturated rings. The minimum atomic E-state index is -0.467. The molecular formula is C24H21FN2O4. The second-order valence-electron chi connectivity index (χ2n) is 6.83. The summed E-state index contributed by atoms with van der Waals surface area (Å²) in [6, 6.07) is 19.1. The smallest absolute Gasteiger partial charge is 0.308 e. The van der Waals surface area contributed by atoms with Gasteiger partial charge in [0.15, 0.2) is 0 Å². The number of amides is 2. The van der Waals surface area contributed by atoms with Gasteiger partial charge in [-0.2, -0.15) is 0 Å². The van der Waals surface area contributed by atoms with Crippen LogP contribution in [0.1, 0.15) is 29.3 Å². The van der Waals surface area contributed by atoms with Gasteiger partial charge in [-0.05, 0) is 66.6 Å². The van der Waals surface area contributed by atoms with Crippen LogP contribution in [0, 0.1) is 5.82 Å². The SMILES string of the molecule is CC(=O)Oc1cccc(C(=O)Nc2ccc(NC(=O)CCc3cccc(F)c3)cc2)c1. The highest BCUT2D eigenvalue weighted by atomic mass is 19.1. The lowest BCUT2D eigenvalue weighted by molar-refractivity contribution is -0.131. The molecule has 0 radical (unpaired) electrons. The Morgan fingerprint density at radius 3 is 2.23 bits per heavy atom. The molecule has 2 N–H and O–H groups in total. The van der Waals surface area contributed by atoms with Crippen LogP contribution in [-0.2, 0) is 16.0 Å². The van der Waals surface area contributed by atoms with E-state index in [0.29, 0.717) is 23.4 Å². The maximum Gasteiger partial charge on any atom is 0.308 e. The van der Waals surface area contributed by atoms with Gasteiger partial charge in [-0.3, -0.25) is 14.4 Å². The Kier molecular flexibility index (Phi) is 7.11. The van der Waals surface area contributed by atoms with E-state index in [-0.39, 0.29) is 29.8 Å². The highest BCUT2D eigenvalue weighted by molar-refractivity contribution is 6.04. The topological polar surface area (TPSA) is 84.5 Å². The third-order valence-corrected chi connectivity index (χ3v) is 4.31. The van der Waals surface area contributed by atoms with Crippen LogP contribution in [0.5, 0.6) is 5.75 Å². The van der Waals surface area contributed by atoms with Crippen LogP contribution >= 0.6 is 0 Å². The van der Waals surface area contributed by atoms with E-state index >= 15 is 0 Å². The summed E-state index contributed by atoms with van der Waals surface area (Å²) in [6.45, 7) is 1.29. The Balaban J connectivity index is 1.53. The molecule has 0 bridgehead atoms. The number of ether oxygens (including phenoxy) is 1. The molecule has 3 aromatic carbocycles. The second kappa shape index (κ2) is 10.2. The summed E-state index contributed by atoms with van der Waals surface area (Å²) in [6.07, 6.45) is 0.657. The lowest BCUT2D eigenvalue weighted by atomic mass is 10.1. The normalized spacial score (nSPS) is 10.3. The van der Waals surface area contributed by atoms with E-state index in [2.05, 4.69) is 10.6 Å². The van der Waals surface area contributed by atoms with Gasteiger partial charge in [0.1, 0.15) is 11.6 Å². The zero-order valence-electron chi connectivity index (χ0n) is 16.9. The van der Waals surface area contributed by atoms with Crippen molar-refractivity contribution in [2.45, 2.75) is 19.8 Å². The van der Waals surface area contributed by atoms with Gasteiger partial charge in [-0.15, -0.1) is 0 Å². The highest BCUT2D eigenvalue weighted by Gasteiger charge is 2.09. The fraction of sp³-hybridized carbons (Fsp3) is 0.125. The Morgan fingerprint density at radius 2 is 1.55 bits per heavy atom. The van der Waals surface area contributed by atoms with Gasteiger partial charge >= 0.3 is 5.97 Å². The van der Waals surface area contributed by atoms with Gasteiger partial charge in [0, 0.05) is 30.3 Å². The first-order valence-electron chi connectivity index (χ1n) is 9.63. The number of halogens is 1. The van der Waals surface area contributed by atoms with Crippen LogP contribution in [0.3, 0.4) is 0 Å². The van der Waals surface area contributed by atoms with Crippen molar-refractivity contribution in [3.05, 3.63) is 89.7 Å². The first-order chi connectivity index (χ1) is 14.9. The van der Waals surface area contributed by atoms with Crippen molar-refractivity contribution >= 4 is 29.2 Å². The summed E-state index contributed by atoms with van der Waals surface area (Å²) < 4.78 is 18.2. The summed E-state index contributed by atoms with van der Waals surface area (Å²) in [5.41, 5.74) is 2.22. The van der Waals surface area contributed by atoms with Crippen molar-refractivity contribution in [1.82, 2.24) is 0 Å². The first kappa shape index (κ1) is 21.7. The number of carbonyl (C=O) groups excluding carboxylic acids is 3. The summed E-state index contributed by atoms with van der Waals surface area (Å²) in [5, 5.41) is 5.51. The molecule has 3 rings (SSSR count). The van der Waals surface area contributed by atoms with Gasteiger partial charge in [0.25, 0.3) is 5.91 Å². The predicted octanol–water partition coefficient (Wildman–Crippen LogP) is 4.57. The Bertz CT molecular complexity index is 1100. The summed E-state index contributed by atoms with van der Waals surface area (Å²) in [4.78, 5) is 35.6. The van der Waals surface area contributed by atoms with Crippen LogP contribution in [0.4, 0.5) is 15.8 Å². The standard InChI is InChI=1S/C24H21FN2O4/c1-16(28)31-22-7-3-5-18(15-22)24(30)27-21-11-9-20(10-12-21)26-23(29)13-8-17-4-2-6-19(25)14-17/h2-7,9-12,14-15H,8,13H2,1H3,(H,26,29)(H,27,30). The molecule has 0 heterocycles. The summed E-state index contributed by atoms with van der Waals surface area (Å²) in [5.74, 6) is -1.06. The third-order valence-electron chi connectivity index (χ3n) is 4.31. The molecular weight excluding hydrogens is 399 g/mol.